The first-order valence-electron chi connectivity index (χ1n) is 3.58. The number of aliphatic carboxylic acids is 1. The first kappa shape index (κ1) is 8.84. The van der Waals surface area contributed by atoms with Crippen LogP contribution < -0.4 is 0 Å². The predicted octanol–water partition coefficient (Wildman–Crippen LogP) is 1.55. The second-order valence-electron chi connectivity index (χ2n) is 2.83. The monoisotopic (exact) mass is 178 g/mol. The molecule has 1 aliphatic heterocycles. The van der Waals surface area contributed by atoms with Crippen LogP contribution in [-0.4, -0.2) is 29.3 Å². The van der Waals surface area contributed by atoms with Crippen LogP contribution in [0.5, 0.6) is 0 Å². The summed E-state index contributed by atoms with van der Waals surface area (Å²) in [5.74, 6) is 0.576. The molecule has 11 heavy (non-hydrogen) atoms. The van der Waals surface area contributed by atoms with Crippen molar-refractivity contribution in [2.24, 2.45) is 5.41 Å². The van der Waals surface area contributed by atoms with E-state index in [1.807, 2.05) is 0 Å². The van der Waals surface area contributed by atoms with Crippen molar-refractivity contribution < 1.29 is 14.3 Å². The lowest BCUT2D eigenvalue weighted by Gasteiger charge is -2.29. The topological polar surface area (TPSA) is 37.3 Å². The number of alkyl halides is 1. The fourth-order valence-corrected chi connectivity index (χ4v) is 2.44. The third kappa shape index (κ3) is 1.67. The highest BCUT2D eigenvalue weighted by atomic mass is 32.2. The molecule has 1 rings (SSSR count). The maximum Gasteiger partial charge on any atom is 0.312 e. The van der Waals surface area contributed by atoms with Crippen LogP contribution >= 0.6 is 11.8 Å². The summed E-state index contributed by atoms with van der Waals surface area (Å²) in [5, 5.41) is 8.74. The van der Waals surface area contributed by atoms with Crippen LogP contribution in [0.4, 0.5) is 4.39 Å². The van der Waals surface area contributed by atoms with Gasteiger partial charge in [0.2, 0.25) is 0 Å². The van der Waals surface area contributed by atoms with Gasteiger partial charge in [0.25, 0.3) is 0 Å². The number of halogens is 1. The van der Waals surface area contributed by atoms with E-state index in [-0.39, 0.29) is 0 Å². The predicted molar refractivity (Wildman–Crippen MR) is 42.6 cm³/mol. The summed E-state index contributed by atoms with van der Waals surface area (Å²) in [6, 6.07) is 0. The molecule has 0 aromatic heterocycles. The van der Waals surface area contributed by atoms with Crippen LogP contribution in [0.15, 0.2) is 0 Å². The molecule has 4 heteroatoms. The van der Waals surface area contributed by atoms with Gasteiger partial charge in [0.05, 0.1) is 5.41 Å². The third-order valence-corrected chi connectivity index (χ3v) is 3.14. The molecule has 0 aliphatic carbocycles. The van der Waals surface area contributed by atoms with Gasteiger partial charge in [-0.05, 0) is 24.3 Å². The van der Waals surface area contributed by atoms with Crippen molar-refractivity contribution in [2.45, 2.75) is 12.8 Å². The zero-order chi connectivity index (χ0) is 8.32. The van der Waals surface area contributed by atoms with Gasteiger partial charge in [-0.2, -0.15) is 11.8 Å². The largest absolute Gasteiger partial charge is 0.481 e. The van der Waals surface area contributed by atoms with E-state index < -0.39 is 18.1 Å². The molecule has 64 valence electrons. The zero-order valence-electron chi connectivity index (χ0n) is 6.18. The van der Waals surface area contributed by atoms with Crippen LogP contribution in [0, 0.1) is 5.41 Å². The number of rotatable bonds is 2. The van der Waals surface area contributed by atoms with Crippen LogP contribution in [0.1, 0.15) is 12.8 Å². The van der Waals surface area contributed by atoms with E-state index in [4.69, 9.17) is 5.11 Å². The standard InChI is InChI=1S/C7H11FO2S/c8-5-7(6(9)10)1-3-11-4-2-7/h1-5H2,(H,9,10). The molecule has 0 aromatic rings. The second kappa shape index (κ2) is 3.43. The average molecular weight is 178 g/mol. The number of hydrogen-bond acceptors (Lipinski definition) is 2. The Morgan fingerprint density at radius 3 is 2.36 bits per heavy atom. The Morgan fingerprint density at radius 2 is 2.09 bits per heavy atom. The van der Waals surface area contributed by atoms with Crippen molar-refractivity contribution in [3.8, 4) is 0 Å². The van der Waals surface area contributed by atoms with E-state index in [0.717, 1.165) is 11.5 Å². The average Bonchev–Trinajstić information content (AvgIpc) is 2.05. The molecule has 1 saturated heterocycles. The molecule has 0 bridgehead atoms. The fourth-order valence-electron chi connectivity index (χ4n) is 1.17. The van der Waals surface area contributed by atoms with Crippen LogP contribution in [-0.2, 0) is 4.79 Å². The van der Waals surface area contributed by atoms with E-state index >= 15 is 0 Å². The number of carboxylic acid groups (broad SMARTS) is 1. The minimum Gasteiger partial charge on any atom is -0.481 e. The van der Waals surface area contributed by atoms with Crippen molar-refractivity contribution in [3.05, 3.63) is 0 Å². The molecule has 0 radical (unpaired) electrons. The lowest BCUT2D eigenvalue weighted by atomic mass is 9.83. The van der Waals surface area contributed by atoms with E-state index in [1.165, 1.54) is 0 Å². The normalized spacial score (nSPS) is 23.0. The summed E-state index contributed by atoms with van der Waals surface area (Å²) in [6.45, 7) is -0.719. The Kier molecular flexibility index (Phi) is 2.76. The lowest BCUT2D eigenvalue weighted by molar-refractivity contribution is -0.150. The van der Waals surface area contributed by atoms with Crippen molar-refractivity contribution >= 4 is 17.7 Å². The summed E-state index contributed by atoms with van der Waals surface area (Å²) in [4.78, 5) is 10.7. The molecule has 1 fully saturated rings. The Balaban J connectivity index is 2.64. The molecule has 2 nitrogen and oxygen atoms in total. The quantitative estimate of drug-likeness (QED) is 0.697. The summed E-state index contributed by atoms with van der Waals surface area (Å²) in [7, 11) is 0. The van der Waals surface area contributed by atoms with Gasteiger partial charge in [0.1, 0.15) is 6.67 Å². The SMILES string of the molecule is O=C(O)C1(CF)CCSCC1. The summed E-state index contributed by atoms with van der Waals surface area (Å²) < 4.78 is 12.4. The van der Waals surface area contributed by atoms with Gasteiger partial charge in [-0.1, -0.05) is 0 Å². The van der Waals surface area contributed by atoms with E-state index in [0.29, 0.717) is 12.8 Å². The van der Waals surface area contributed by atoms with Crippen molar-refractivity contribution in [1.29, 1.82) is 0 Å². The summed E-state index contributed by atoms with van der Waals surface area (Å²) in [6.07, 6.45) is 0.951. The summed E-state index contributed by atoms with van der Waals surface area (Å²) in [5.41, 5.74) is -1.05. The van der Waals surface area contributed by atoms with E-state index in [1.54, 1.807) is 11.8 Å². The highest BCUT2D eigenvalue weighted by Crippen LogP contribution is 2.35. The van der Waals surface area contributed by atoms with Gasteiger partial charge in [0, 0.05) is 0 Å². The minimum atomic E-state index is -1.05. The first-order valence-corrected chi connectivity index (χ1v) is 4.74. The van der Waals surface area contributed by atoms with E-state index in [9.17, 15) is 9.18 Å². The van der Waals surface area contributed by atoms with Crippen molar-refractivity contribution in [3.63, 3.8) is 0 Å². The second-order valence-corrected chi connectivity index (χ2v) is 4.06. The highest BCUT2D eigenvalue weighted by Gasteiger charge is 2.39. The lowest BCUT2D eigenvalue weighted by Crippen LogP contribution is -2.36. The molecule has 0 aromatic carbocycles. The number of carbonyl (C=O) groups is 1. The highest BCUT2D eigenvalue weighted by molar-refractivity contribution is 7.99. The molecule has 1 aliphatic rings. The molecule has 0 atom stereocenters. The first-order chi connectivity index (χ1) is 5.21. The molecule has 1 N–H and O–H groups in total. The van der Waals surface area contributed by atoms with Gasteiger partial charge in [-0.3, -0.25) is 4.79 Å². The van der Waals surface area contributed by atoms with Crippen molar-refractivity contribution in [2.75, 3.05) is 18.2 Å². The van der Waals surface area contributed by atoms with E-state index in [2.05, 4.69) is 0 Å². The summed E-state index contributed by atoms with van der Waals surface area (Å²) >= 11 is 1.70. The Bertz CT molecular complexity index is 155. The number of thioether (sulfide) groups is 1. The van der Waals surface area contributed by atoms with Gasteiger partial charge in [-0.25, -0.2) is 4.39 Å². The van der Waals surface area contributed by atoms with Crippen molar-refractivity contribution in [1.82, 2.24) is 0 Å². The maximum atomic E-state index is 12.4. The third-order valence-electron chi connectivity index (χ3n) is 2.16. The molecular formula is C7H11FO2S. The van der Waals surface area contributed by atoms with Crippen LogP contribution in [0.3, 0.4) is 0 Å². The molecule has 0 saturated carbocycles. The van der Waals surface area contributed by atoms with Crippen LogP contribution in [0.2, 0.25) is 0 Å². The van der Waals surface area contributed by atoms with Gasteiger partial charge < -0.3 is 5.11 Å². The van der Waals surface area contributed by atoms with Gasteiger partial charge in [0.15, 0.2) is 0 Å². The Labute approximate surface area is 69.2 Å². The molecule has 0 spiro atoms. The molecule has 0 amide bonds. The maximum absolute atomic E-state index is 12.4. The molecule has 0 unspecified atom stereocenters. The molecular weight excluding hydrogens is 167 g/mol. The number of carboxylic acids is 1. The Morgan fingerprint density at radius 1 is 1.55 bits per heavy atom. The number of hydrogen-bond donors (Lipinski definition) is 1. The smallest absolute Gasteiger partial charge is 0.312 e. The Hall–Kier alpha value is -0.250. The van der Waals surface area contributed by atoms with Crippen LogP contribution in [0.25, 0.3) is 0 Å². The fraction of sp³-hybridized carbons (Fsp3) is 0.857. The molecule has 1 heterocycles. The zero-order valence-corrected chi connectivity index (χ0v) is 6.99. The minimum absolute atomic E-state index is 0.476. The van der Waals surface area contributed by atoms with Gasteiger partial charge in [-0.15, -0.1) is 0 Å². The van der Waals surface area contributed by atoms with Gasteiger partial charge >= 0.3 is 5.97 Å².